The van der Waals surface area contributed by atoms with Gasteiger partial charge in [0.15, 0.2) is 0 Å². The summed E-state index contributed by atoms with van der Waals surface area (Å²) in [6, 6.07) is 10.3. The van der Waals surface area contributed by atoms with Crippen molar-refractivity contribution in [3.63, 3.8) is 0 Å². The summed E-state index contributed by atoms with van der Waals surface area (Å²) in [6.07, 6.45) is 6.76. The zero-order valence-electron chi connectivity index (χ0n) is 13.0. The molecule has 0 saturated carbocycles. The van der Waals surface area contributed by atoms with Crippen molar-refractivity contribution >= 4 is 14.7 Å². The fourth-order valence-corrected chi connectivity index (χ4v) is 3.62. The van der Waals surface area contributed by atoms with Crippen LogP contribution in [0.2, 0.25) is 6.04 Å². The Labute approximate surface area is 121 Å². The molecule has 1 aromatic rings. The third kappa shape index (κ3) is 7.41. The number of unbranched alkanes of at least 4 members (excludes halogenated alkanes) is 3. The standard InChI is InChI=1S/C17H30OSi/c1-4-6-7-8-13-19-17-11-9-16(10-12-17)18-14-15(3)5-2/h9-12,15H,4-8,13-14,19H2,1-3H3. The van der Waals surface area contributed by atoms with Gasteiger partial charge in [-0.15, -0.1) is 0 Å². The minimum absolute atomic E-state index is 0.0449. The molecule has 0 aliphatic rings. The van der Waals surface area contributed by atoms with Gasteiger partial charge in [0, 0.05) is 0 Å². The molecule has 1 aromatic carbocycles. The van der Waals surface area contributed by atoms with E-state index in [1.54, 1.807) is 5.19 Å². The number of rotatable bonds is 10. The van der Waals surface area contributed by atoms with Crippen molar-refractivity contribution in [2.45, 2.75) is 58.9 Å². The van der Waals surface area contributed by atoms with Gasteiger partial charge in [-0.1, -0.05) is 76.2 Å². The van der Waals surface area contributed by atoms with Gasteiger partial charge in [0.1, 0.15) is 5.75 Å². The molecule has 0 radical (unpaired) electrons. The molecule has 19 heavy (non-hydrogen) atoms. The average molecular weight is 279 g/mol. The van der Waals surface area contributed by atoms with E-state index in [0.717, 1.165) is 12.4 Å². The summed E-state index contributed by atoms with van der Waals surface area (Å²) in [6.45, 7) is 7.55. The Hall–Kier alpha value is -0.763. The van der Waals surface area contributed by atoms with Gasteiger partial charge in [-0.05, 0) is 18.1 Å². The van der Waals surface area contributed by atoms with Crippen LogP contribution in [0.5, 0.6) is 5.75 Å². The summed E-state index contributed by atoms with van der Waals surface area (Å²) >= 11 is 0. The SMILES string of the molecule is CCCCCC[SiH2]c1ccc(OCC(C)CC)cc1. The molecule has 0 aliphatic carbocycles. The lowest BCUT2D eigenvalue weighted by atomic mass is 10.1. The smallest absolute Gasteiger partial charge is 0.119 e. The summed E-state index contributed by atoms with van der Waals surface area (Å²) in [5.74, 6) is 1.68. The predicted molar refractivity (Wildman–Crippen MR) is 88.5 cm³/mol. The molecule has 2 heteroatoms. The summed E-state index contributed by atoms with van der Waals surface area (Å²) in [5, 5.41) is 1.58. The zero-order valence-corrected chi connectivity index (χ0v) is 14.4. The molecule has 1 rings (SSSR count). The first-order valence-corrected chi connectivity index (χ1v) is 9.68. The highest BCUT2D eigenvalue weighted by molar-refractivity contribution is 6.53. The van der Waals surface area contributed by atoms with Gasteiger partial charge in [-0.3, -0.25) is 0 Å². The third-order valence-corrected chi connectivity index (χ3v) is 5.63. The lowest BCUT2D eigenvalue weighted by Gasteiger charge is -2.11. The number of hydrogen-bond acceptors (Lipinski definition) is 1. The van der Waals surface area contributed by atoms with Crippen LogP contribution in [0.1, 0.15) is 52.9 Å². The Bertz CT molecular complexity index is 321. The van der Waals surface area contributed by atoms with E-state index in [1.165, 1.54) is 38.1 Å². The van der Waals surface area contributed by atoms with Crippen LogP contribution in [0.3, 0.4) is 0 Å². The molecular formula is C17H30OSi. The van der Waals surface area contributed by atoms with E-state index in [-0.39, 0.29) is 9.52 Å². The normalized spacial score (nSPS) is 13.0. The van der Waals surface area contributed by atoms with Gasteiger partial charge in [-0.25, -0.2) is 0 Å². The second kappa shape index (κ2) is 10.1. The van der Waals surface area contributed by atoms with Crippen LogP contribution in [0.25, 0.3) is 0 Å². The Morgan fingerprint density at radius 3 is 2.42 bits per heavy atom. The number of benzene rings is 1. The molecule has 0 heterocycles. The van der Waals surface area contributed by atoms with Crippen molar-refractivity contribution in [2.75, 3.05) is 6.61 Å². The van der Waals surface area contributed by atoms with Crippen LogP contribution in [0.15, 0.2) is 24.3 Å². The maximum absolute atomic E-state index is 5.79. The molecule has 0 bridgehead atoms. The van der Waals surface area contributed by atoms with E-state index in [1.807, 2.05) is 0 Å². The highest BCUT2D eigenvalue weighted by atomic mass is 28.2. The lowest BCUT2D eigenvalue weighted by Crippen LogP contribution is -2.13. The van der Waals surface area contributed by atoms with E-state index >= 15 is 0 Å². The highest BCUT2D eigenvalue weighted by Gasteiger charge is 2.01. The molecule has 1 atom stereocenters. The Morgan fingerprint density at radius 2 is 1.79 bits per heavy atom. The largest absolute Gasteiger partial charge is 0.493 e. The van der Waals surface area contributed by atoms with Crippen molar-refractivity contribution < 1.29 is 4.74 Å². The monoisotopic (exact) mass is 278 g/mol. The molecular weight excluding hydrogens is 248 g/mol. The second-order valence-corrected chi connectivity index (χ2v) is 7.66. The highest BCUT2D eigenvalue weighted by Crippen LogP contribution is 2.11. The first-order valence-electron chi connectivity index (χ1n) is 7.98. The number of ether oxygens (including phenoxy) is 1. The van der Waals surface area contributed by atoms with E-state index in [2.05, 4.69) is 45.0 Å². The van der Waals surface area contributed by atoms with Gasteiger partial charge in [-0.2, -0.15) is 0 Å². The third-order valence-electron chi connectivity index (χ3n) is 3.72. The maximum atomic E-state index is 5.79. The van der Waals surface area contributed by atoms with Crippen molar-refractivity contribution in [1.82, 2.24) is 0 Å². The quantitative estimate of drug-likeness (QED) is 0.466. The van der Waals surface area contributed by atoms with Crippen LogP contribution in [0.4, 0.5) is 0 Å². The van der Waals surface area contributed by atoms with Crippen LogP contribution in [-0.2, 0) is 0 Å². The Morgan fingerprint density at radius 1 is 1.05 bits per heavy atom. The molecule has 0 fully saturated rings. The molecule has 0 spiro atoms. The number of hydrogen-bond donors (Lipinski definition) is 0. The maximum Gasteiger partial charge on any atom is 0.119 e. The fraction of sp³-hybridized carbons (Fsp3) is 0.647. The minimum atomic E-state index is -0.0449. The fourth-order valence-electron chi connectivity index (χ4n) is 2.04. The van der Waals surface area contributed by atoms with Crippen molar-refractivity contribution in [3.8, 4) is 5.75 Å². The molecule has 0 aliphatic heterocycles. The molecule has 1 unspecified atom stereocenters. The zero-order chi connectivity index (χ0) is 13.9. The van der Waals surface area contributed by atoms with Crippen molar-refractivity contribution in [1.29, 1.82) is 0 Å². The summed E-state index contributed by atoms with van der Waals surface area (Å²) in [4.78, 5) is 0. The Kier molecular flexibility index (Phi) is 8.64. The molecule has 1 nitrogen and oxygen atoms in total. The van der Waals surface area contributed by atoms with Gasteiger partial charge >= 0.3 is 0 Å². The summed E-state index contributed by atoms with van der Waals surface area (Å²) < 4.78 is 5.79. The van der Waals surface area contributed by atoms with E-state index < -0.39 is 0 Å². The minimum Gasteiger partial charge on any atom is -0.493 e. The molecule has 0 aromatic heterocycles. The van der Waals surface area contributed by atoms with Crippen molar-refractivity contribution in [3.05, 3.63) is 24.3 Å². The first kappa shape index (κ1) is 16.3. The second-order valence-electron chi connectivity index (χ2n) is 5.63. The topological polar surface area (TPSA) is 9.23 Å². The molecule has 0 N–H and O–H groups in total. The van der Waals surface area contributed by atoms with E-state index in [0.29, 0.717) is 5.92 Å². The molecule has 0 saturated heterocycles. The average Bonchev–Trinajstić information content (AvgIpc) is 2.45. The van der Waals surface area contributed by atoms with Crippen LogP contribution in [0, 0.1) is 5.92 Å². The molecule has 0 amide bonds. The summed E-state index contributed by atoms with van der Waals surface area (Å²) in [7, 11) is -0.0449. The van der Waals surface area contributed by atoms with E-state index in [4.69, 9.17) is 4.74 Å². The van der Waals surface area contributed by atoms with Gasteiger partial charge < -0.3 is 4.74 Å². The van der Waals surface area contributed by atoms with Crippen LogP contribution >= 0.6 is 0 Å². The summed E-state index contributed by atoms with van der Waals surface area (Å²) in [5.41, 5.74) is 0. The van der Waals surface area contributed by atoms with Gasteiger partial charge in [0.05, 0.1) is 16.1 Å². The molecule has 108 valence electrons. The lowest BCUT2D eigenvalue weighted by molar-refractivity contribution is 0.256. The van der Waals surface area contributed by atoms with Crippen LogP contribution in [-0.4, -0.2) is 16.1 Å². The van der Waals surface area contributed by atoms with Gasteiger partial charge in [0.2, 0.25) is 0 Å². The van der Waals surface area contributed by atoms with Crippen LogP contribution < -0.4 is 9.92 Å². The predicted octanol–water partition coefficient (Wildman–Crippen LogP) is 3.90. The van der Waals surface area contributed by atoms with E-state index in [9.17, 15) is 0 Å². The van der Waals surface area contributed by atoms with Gasteiger partial charge in [0.25, 0.3) is 0 Å². The Balaban J connectivity index is 2.23. The first-order chi connectivity index (χ1) is 9.26. The van der Waals surface area contributed by atoms with Crippen molar-refractivity contribution in [2.24, 2.45) is 5.92 Å².